The minimum absolute atomic E-state index is 0.268. The van der Waals surface area contributed by atoms with Gasteiger partial charge in [-0.2, -0.15) is 0 Å². The first-order valence-corrected chi connectivity index (χ1v) is 5.96. The van der Waals surface area contributed by atoms with Crippen LogP contribution in [0.1, 0.15) is 12.5 Å². The molecule has 0 atom stereocenters. The molecule has 0 aliphatic heterocycles. The fourth-order valence-corrected chi connectivity index (χ4v) is 1.83. The third-order valence-corrected chi connectivity index (χ3v) is 2.80. The highest BCUT2D eigenvalue weighted by atomic mass is 19.1. The van der Waals surface area contributed by atoms with Gasteiger partial charge in [0.15, 0.2) is 0 Å². The Kier molecular flexibility index (Phi) is 4.05. The first-order valence-electron chi connectivity index (χ1n) is 5.96. The zero-order chi connectivity index (χ0) is 13.0. The summed E-state index contributed by atoms with van der Waals surface area (Å²) in [5.41, 5.74) is 1.75. The third-order valence-electron chi connectivity index (χ3n) is 2.80. The summed E-state index contributed by atoms with van der Waals surface area (Å²) >= 11 is 0. The van der Waals surface area contributed by atoms with Gasteiger partial charge in [-0.1, -0.05) is 31.2 Å². The van der Waals surface area contributed by atoms with Crippen molar-refractivity contribution in [3.8, 4) is 11.1 Å². The normalized spacial score (nSPS) is 10.6. The van der Waals surface area contributed by atoms with Gasteiger partial charge in [-0.25, -0.2) is 8.78 Å². The van der Waals surface area contributed by atoms with Crippen molar-refractivity contribution in [3.05, 3.63) is 59.7 Å². The van der Waals surface area contributed by atoms with Crippen LogP contribution < -0.4 is 5.32 Å². The van der Waals surface area contributed by atoms with Crippen LogP contribution in [0.3, 0.4) is 0 Å². The number of rotatable bonds is 4. The lowest BCUT2D eigenvalue weighted by Crippen LogP contribution is -2.13. The van der Waals surface area contributed by atoms with Crippen molar-refractivity contribution in [1.82, 2.24) is 5.32 Å². The zero-order valence-corrected chi connectivity index (χ0v) is 10.2. The minimum Gasteiger partial charge on any atom is -0.313 e. The molecule has 2 rings (SSSR count). The summed E-state index contributed by atoms with van der Waals surface area (Å²) in [6.07, 6.45) is 0. The molecular weight excluding hydrogens is 232 g/mol. The third kappa shape index (κ3) is 2.74. The van der Waals surface area contributed by atoms with Crippen molar-refractivity contribution in [2.24, 2.45) is 0 Å². The van der Waals surface area contributed by atoms with E-state index in [1.807, 2.05) is 6.92 Å². The summed E-state index contributed by atoms with van der Waals surface area (Å²) in [6, 6.07) is 11.2. The highest BCUT2D eigenvalue weighted by Crippen LogP contribution is 2.24. The highest BCUT2D eigenvalue weighted by molar-refractivity contribution is 5.64. The molecule has 0 aliphatic carbocycles. The van der Waals surface area contributed by atoms with E-state index < -0.39 is 0 Å². The van der Waals surface area contributed by atoms with Crippen molar-refractivity contribution < 1.29 is 8.78 Å². The Hall–Kier alpha value is -1.74. The minimum atomic E-state index is -0.293. The van der Waals surface area contributed by atoms with Crippen LogP contribution in [0.2, 0.25) is 0 Å². The van der Waals surface area contributed by atoms with Crippen LogP contribution in [0.25, 0.3) is 11.1 Å². The van der Waals surface area contributed by atoms with Gasteiger partial charge in [-0.3, -0.25) is 0 Å². The number of halogens is 2. The zero-order valence-electron chi connectivity index (χ0n) is 10.2. The topological polar surface area (TPSA) is 12.0 Å². The first-order chi connectivity index (χ1) is 8.72. The Bertz CT molecular complexity index is 538. The summed E-state index contributed by atoms with van der Waals surface area (Å²) in [5, 5.41) is 3.06. The van der Waals surface area contributed by atoms with Crippen LogP contribution in [-0.4, -0.2) is 6.54 Å². The second kappa shape index (κ2) is 5.74. The summed E-state index contributed by atoms with van der Waals surface area (Å²) in [4.78, 5) is 0. The van der Waals surface area contributed by atoms with Crippen molar-refractivity contribution in [2.45, 2.75) is 13.5 Å². The molecule has 2 aromatic rings. The van der Waals surface area contributed by atoms with Crippen LogP contribution in [0, 0.1) is 11.6 Å². The predicted octanol–water partition coefficient (Wildman–Crippen LogP) is 3.74. The fourth-order valence-electron chi connectivity index (χ4n) is 1.83. The predicted molar refractivity (Wildman–Crippen MR) is 69.2 cm³/mol. The van der Waals surface area contributed by atoms with Gasteiger partial charge in [0.25, 0.3) is 0 Å². The summed E-state index contributed by atoms with van der Waals surface area (Å²) in [7, 11) is 0. The molecule has 0 fully saturated rings. The molecule has 0 radical (unpaired) electrons. The maximum atomic E-state index is 13.7. The van der Waals surface area contributed by atoms with Gasteiger partial charge in [0.05, 0.1) is 0 Å². The fraction of sp³-hybridized carbons (Fsp3) is 0.200. The molecule has 0 aliphatic rings. The van der Waals surface area contributed by atoms with Crippen molar-refractivity contribution in [2.75, 3.05) is 6.54 Å². The van der Waals surface area contributed by atoms with Crippen molar-refractivity contribution in [3.63, 3.8) is 0 Å². The SMILES string of the molecule is CCNCc1cc(-c2ccccc2F)ccc1F. The molecule has 0 heterocycles. The Balaban J connectivity index is 2.38. The number of hydrogen-bond acceptors (Lipinski definition) is 1. The van der Waals surface area contributed by atoms with E-state index in [-0.39, 0.29) is 11.6 Å². The molecule has 0 saturated carbocycles. The van der Waals surface area contributed by atoms with E-state index in [0.717, 1.165) is 6.54 Å². The molecule has 0 saturated heterocycles. The van der Waals surface area contributed by atoms with Gasteiger partial charge in [-0.05, 0) is 30.3 Å². The smallest absolute Gasteiger partial charge is 0.131 e. The van der Waals surface area contributed by atoms with E-state index in [1.165, 1.54) is 12.1 Å². The van der Waals surface area contributed by atoms with E-state index in [9.17, 15) is 8.78 Å². The molecule has 0 aromatic heterocycles. The van der Waals surface area contributed by atoms with E-state index >= 15 is 0 Å². The van der Waals surface area contributed by atoms with E-state index in [1.54, 1.807) is 30.3 Å². The molecule has 1 N–H and O–H groups in total. The van der Waals surface area contributed by atoms with Gasteiger partial charge in [0, 0.05) is 17.7 Å². The van der Waals surface area contributed by atoms with Gasteiger partial charge in [0.1, 0.15) is 11.6 Å². The monoisotopic (exact) mass is 247 g/mol. The largest absolute Gasteiger partial charge is 0.313 e. The average molecular weight is 247 g/mol. The molecule has 0 spiro atoms. The summed E-state index contributed by atoms with van der Waals surface area (Å²) < 4.78 is 27.2. The van der Waals surface area contributed by atoms with E-state index in [4.69, 9.17) is 0 Å². The number of benzene rings is 2. The molecule has 0 amide bonds. The van der Waals surface area contributed by atoms with Gasteiger partial charge in [-0.15, -0.1) is 0 Å². The quantitative estimate of drug-likeness (QED) is 0.867. The molecule has 1 nitrogen and oxygen atoms in total. The summed E-state index contributed by atoms with van der Waals surface area (Å²) in [5.74, 6) is -0.561. The second-order valence-corrected chi connectivity index (χ2v) is 4.07. The van der Waals surface area contributed by atoms with E-state index in [2.05, 4.69) is 5.32 Å². The maximum Gasteiger partial charge on any atom is 0.131 e. The molecule has 3 heteroatoms. The molecule has 94 valence electrons. The number of hydrogen-bond donors (Lipinski definition) is 1. The Morgan fingerprint density at radius 1 is 1.00 bits per heavy atom. The Morgan fingerprint density at radius 3 is 2.50 bits per heavy atom. The average Bonchev–Trinajstić information content (AvgIpc) is 2.39. The van der Waals surface area contributed by atoms with Gasteiger partial charge >= 0.3 is 0 Å². The molecule has 0 bridgehead atoms. The lowest BCUT2D eigenvalue weighted by molar-refractivity contribution is 0.593. The van der Waals surface area contributed by atoms with Gasteiger partial charge in [0.2, 0.25) is 0 Å². The molecule has 18 heavy (non-hydrogen) atoms. The van der Waals surface area contributed by atoms with Crippen LogP contribution in [0.15, 0.2) is 42.5 Å². The number of nitrogens with one attached hydrogen (secondary N) is 1. The summed E-state index contributed by atoms with van der Waals surface area (Å²) in [6.45, 7) is 3.17. The lowest BCUT2D eigenvalue weighted by Gasteiger charge is -2.08. The molecule has 2 aromatic carbocycles. The van der Waals surface area contributed by atoms with Crippen LogP contribution in [0.4, 0.5) is 8.78 Å². The van der Waals surface area contributed by atoms with Gasteiger partial charge < -0.3 is 5.32 Å². The van der Waals surface area contributed by atoms with E-state index in [0.29, 0.717) is 23.2 Å². The van der Waals surface area contributed by atoms with Crippen molar-refractivity contribution in [1.29, 1.82) is 0 Å². The van der Waals surface area contributed by atoms with Crippen molar-refractivity contribution >= 4 is 0 Å². The highest BCUT2D eigenvalue weighted by Gasteiger charge is 2.07. The molecule has 0 unspecified atom stereocenters. The first kappa shape index (κ1) is 12.7. The lowest BCUT2D eigenvalue weighted by atomic mass is 10.0. The Morgan fingerprint density at radius 2 is 1.78 bits per heavy atom. The maximum absolute atomic E-state index is 13.7. The van der Waals surface area contributed by atoms with Crippen LogP contribution in [-0.2, 0) is 6.54 Å². The molecular formula is C15H15F2N. The van der Waals surface area contributed by atoms with Crippen LogP contribution in [0.5, 0.6) is 0 Å². The van der Waals surface area contributed by atoms with Crippen LogP contribution >= 0.6 is 0 Å². The second-order valence-electron chi connectivity index (χ2n) is 4.07. The Labute approximate surface area is 105 Å². The standard InChI is InChI=1S/C15H15F2N/c1-2-18-10-12-9-11(7-8-14(12)16)13-5-3-4-6-15(13)17/h3-9,18H,2,10H2,1H3.